The Hall–Kier alpha value is -0.500. The van der Waals surface area contributed by atoms with Gasteiger partial charge in [-0.05, 0) is 45.2 Å². The molecule has 0 saturated carbocycles. The number of rotatable bonds is 9. The van der Waals surface area contributed by atoms with Crippen molar-refractivity contribution in [2.45, 2.75) is 43.6 Å². The van der Waals surface area contributed by atoms with Crippen LogP contribution in [0.25, 0.3) is 0 Å². The van der Waals surface area contributed by atoms with E-state index in [2.05, 4.69) is 17.0 Å². The van der Waals surface area contributed by atoms with E-state index in [0.29, 0.717) is 18.8 Å². The van der Waals surface area contributed by atoms with Crippen molar-refractivity contribution >= 4 is 21.8 Å². The molecule has 7 heteroatoms. The molecule has 116 valence electrons. The maximum absolute atomic E-state index is 12.1. The zero-order chi connectivity index (χ0) is 15.2. The van der Waals surface area contributed by atoms with Crippen LogP contribution in [0.3, 0.4) is 0 Å². The predicted octanol–water partition coefficient (Wildman–Crippen LogP) is 2.20. The summed E-state index contributed by atoms with van der Waals surface area (Å²) in [5.41, 5.74) is 0. The van der Waals surface area contributed by atoms with Gasteiger partial charge in [-0.1, -0.05) is 6.92 Å². The summed E-state index contributed by atoms with van der Waals surface area (Å²) in [7, 11) is -3.57. The number of sulfonamides is 1. The first-order chi connectivity index (χ1) is 9.30. The molecule has 0 aliphatic rings. The van der Waals surface area contributed by atoms with Crippen LogP contribution >= 0.6 is 11.8 Å². The molecule has 0 aliphatic heterocycles. The van der Waals surface area contributed by atoms with Gasteiger partial charge in [-0.3, -0.25) is 0 Å². The molecule has 1 rings (SSSR count). The van der Waals surface area contributed by atoms with E-state index in [1.54, 1.807) is 17.8 Å². The Morgan fingerprint density at radius 3 is 2.65 bits per heavy atom. The molecule has 0 aromatic carbocycles. The lowest BCUT2D eigenvalue weighted by Gasteiger charge is -2.21. The van der Waals surface area contributed by atoms with Gasteiger partial charge in [0.05, 0.1) is 6.54 Å². The van der Waals surface area contributed by atoms with Crippen LogP contribution in [0, 0.1) is 0 Å². The van der Waals surface area contributed by atoms with E-state index in [1.807, 2.05) is 20.1 Å². The number of thioether (sulfide) groups is 1. The van der Waals surface area contributed by atoms with Gasteiger partial charge in [-0.2, -0.15) is 11.8 Å². The Bertz CT molecular complexity index is 509. The highest BCUT2D eigenvalue weighted by molar-refractivity contribution is 8.00. The molecule has 0 unspecified atom stereocenters. The number of furan rings is 1. The largest absolute Gasteiger partial charge is 0.447 e. The molecule has 0 spiro atoms. The van der Waals surface area contributed by atoms with Gasteiger partial charge in [-0.25, -0.2) is 13.1 Å². The second kappa shape index (κ2) is 7.49. The Kier molecular flexibility index (Phi) is 6.57. The van der Waals surface area contributed by atoms with Gasteiger partial charge in [0.15, 0.2) is 0 Å². The first kappa shape index (κ1) is 17.6. The fourth-order valence-electron chi connectivity index (χ4n) is 1.40. The highest BCUT2D eigenvalue weighted by Gasteiger charge is 2.23. The van der Waals surface area contributed by atoms with Crippen molar-refractivity contribution in [3.05, 3.63) is 17.9 Å². The van der Waals surface area contributed by atoms with E-state index in [0.717, 1.165) is 13.0 Å². The van der Waals surface area contributed by atoms with Crippen LogP contribution in [0.5, 0.6) is 0 Å². The van der Waals surface area contributed by atoms with Crippen molar-refractivity contribution in [2.75, 3.05) is 19.3 Å². The molecule has 1 heterocycles. The molecule has 20 heavy (non-hydrogen) atoms. The summed E-state index contributed by atoms with van der Waals surface area (Å²) in [5.74, 6) is 0.628. The topological polar surface area (TPSA) is 71.3 Å². The summed E-state index contributed by atoms with van der Waals surface area (Å²) in [6, 6.07) is 3.19. The van der Waals surface area contributed by atoms with E-state index in [1.165, 1.54) is 6.07 Å². The summed E-state index contributed by atoms with van der Waals surface area (Å²) < 4.78 is 32.0. The van der Waals surface area contributed by atoms with E-state index in [9.17, 15) is 8.42 Å². The molecule has 0 amide bonds. The van der Waals surface area contributed by atoms with E-state index < -0.39 is 10.0 Å². The molecule has 1 aromatic heterocycles. The summed E-state index contributed by atoms with van der Waals surface area (Å²) in [5, 5.41) is 3.14. The third kappa shape index (κ3) is 5.47. The standard InChI is InChI=1S/C13H24N2O3S2/c1-5-8-14-9-11-6-7-12(18-11)20(16,17)15-10-13(2,3)19-4/h6-7,14-15H,5,8-10H2,1-4H3. The van der Waals surface area contributed by atoms with Gasteiger partial charge in [0.2, 0.25) is 5.09 Å². The SMILES string of the molecule is CCCNCc1ccc(S(=O)(=O)NCC(C)(C)SC)o1. The maximum atomic E-state index is 12.1. The van der Waals surface area contributed by atoms with E-state index in [-0.39, 0.29) is 9.84 Å². The quantitative estimate of drug-likeness (QED) is 0.683. The third-order valence-corrected chi connectivity index (χ3v) is 5.39. The molecular weight excluding hydrogens is 296 g/mol. The third-order valence-electron chi connectivity index (χ3n) is 2.87. The molecule has 2 N–H and O–H groups in total. The summed E-state index contributed by atoms with van der Waals surface area (Å²) in [6.45, 7) is 7.83. The second-order valence-electron chi connectivity index (χ2n) is 5.19. The van der Waals surface area contributed by atoms with Crippen LogP contribution in [0.15, 0.2) is 21.6 Å². The smallest absolute Gasteiger partial charge is 0.274 e. The van der Waals surface area contributed by atoms with Crippen molar-refractivity contribution < 1.29 is 12.8 Å². The molecule has 0 aliphatic carbocycles. The molecular formula is C13H24N2O3S2. The van der Waals surface area contributed by atoms with Gasteiger partial charge >= 0.3 is 0 Å². The lowest BCUT2D eigenvalue weighted by molar-refractivity contribution is 0.399. The van der Waals surface area contributed by atoms with Gasteiger partial charge in [-0.15, -0.1) is 0 Å². The first-order valence-corrected chi connectivity index (χ1v) is 9.36. The van der Waals surface area contributed by atoms with E-state index in [4.69, 9.17) is 4.42 Å². The summed E-state index contributed by atoms with van der Waals surface area (Å²) >= 11 is 1.61. The summed E-state index contributed by atoms with van der Waals surface area (Å²) in [4.78, 5) is 0. The highest BCUT2D eigenvalue weighted by atomic mass is 32.2. The lowest BCUT2D eigenvalue weighted by atomic mass is 10.2. The van der Waals surface area contributed by atoms with Crippen LogP contribution in [-0.2, 0) is 16.6 Å². The predicted molar refractivity (Wildman–Crippen MR) is 83.5 cm³/mol. The van der Waals surface area contributed by atoms with Gasteiger partial charge in [0.25, 0.3) is 10.0 Å². The minimum absolute atomic E-state index is 0.0253. The van der Waals surface area contributed by atoms with Crippen molar-refractivity contribution in [2.24, 2.45) is 0 Å². The van der Waals surface area contributed by atoms with E-state index >= 15 is 0 Å². The zero-order valence-corrected chi connectivity index (χ0v) is 14.2. The van der Waals surface area contributed by atoms with Gasteiger partial charge in [0, 0.05) is 11.3 Å². The van der Waals surface area contributed by atoms with Gasteiger partial charge < -0.3 is 9.73 Å². The Morgan fingerprint density at radius 1 is 1.35 bits per heavy atom. The minimum atomic E-state index is -3.57. The second-order valence-corrected chi connectivity index (χ2v) is 8.40. The van der Waals surface area contributed by atoms with Crippen molar-refractivity contribution in [1.29, 1.82) is 0 Å². The number of nitrogens with one attached hydrogen (secondary N) is 2. The zero-order valence-electron chi connectivity index (χ0n) is 12.5. The molecule has 0 fully saturated rings. The average molecular weight is 320 g/mol. The maximum Gasteiger partial charge on any atom is 0.274 e. The van der Waals surface area contributed by atoms with Crippen molar-refractivity contribution in [3.63, 3.8) is 0 Å². The Balaban J connectivity index is 2.64. The minimum Gasteiger partial charge on any atom is -0.447 e. The molecule has 0 atom stereocenters. The Labute approximate surface area is 125 Å². The molecule has 0 bridgehead atoms. The van der Waals surface area contributed by atoms with Crippen LogP contribution in [0.1, 0.15) is 33.0 Å². The molecule has 0 radical (unpaired) electrons. The first-order valence-electron chi connectivity index (χ1n) is 6.65. The van der Waals surface area contributed by atoms with Crippen LogP contribution in [0.4, 0.5) is 0 Å². The van der Waals surface area contributed by atoms with Crippen LogP contribution < -0.4 is 10.0 Å². The van der Waals surface area contributed by atoms with Crippen molar-refractivity contribution in [1.82, 2.24) is 10.0 Å². The van der Waals surface area contributed by atoms with Crippen LogP contribution in [-0.4, -0.2) is 32.5 Å². The van der Waals surface area contributed by atoms with Gasteiger partial charge in [0.1, 0.15) is 5.76 Å². The molecule has 5 nitrogen and oxygen atoms in total. The normalized spacial score (nSPS) is 12.8. The highest BCUT2D eigenvalue weighted by Crippen LogP contribution is 2.21. The number of hydrogen-bond donors (Lipinski definition) is 2. The lowest BCUT2D eigenvalue weighted by Crippen LogP contribution is -2.35. The van der Waals surface area contributed by atoms with Crippen LogP contribution in [0.2, 0.25) is 0 Å². The average Bonchev–Trinajstić information content (AvgIpc) is 2.87. The fraction of sp³-hybridized carbons (Fsp3) is 0.692. The monoisotopic (exact) mass is 320 g/mol. The fourth-order valence-corrected chi connectivity index (χ4v) is 2.86. The number of hydrogen-bond acceptors (Lipinski definition) is 5. The van der Waals surface area contributed by atoms with Crippen molar-refractivity contribution in [3.8, 4) is 0 Å². The molecule has 1 aromatic rings. The molecule has 0 saturated heterocycles. The summed E-state index contributed by atoms with van der Waals surface area (Å²) in [6.07, 6.45) is 2.98. The Morgan fingerprint density at radius 2 is 2.05 bits per heavy atom.